The number of pyridine rings is 1. The summed E-state index contributed by atoms with van der Waals surface area (Å²) in [7, 11) is 0. The van der Waals surface area contributed by atoms with E-state index in [1.807, 2.05) is 0 Å². The van der Waals surface area contributed by atoms with Gasteiger partial charge in [-0.3, -0.25) is 9.59 Å². The molecule has 0 bridgehead atoms. The Balaban J connectivity index is 2.15. The summed E-state index contributed by atoms with van der Waals surface area (Å²) in [5.74, 6) is -2.58. The lowest BCUT2D eigenvalue weighted by Crippen LogP contribution is -2.18. The monoisotopic (exact) mass is 545 g/mol. The average molecular weight is 548 g/mol. The molecule has 3 rings (SSSR count). The molecule has 134 valence electrons. The third-order valence-electron chi connectivity index (χ3n) is 3.99. The van der Waals surface area contributed by atoms with E-state index >= 15 is 0 Å². The molecular weight excluding hydrogens is 537 g/mol. The second kappa shape index (κ2) is 7.62. The Labute approximate surface area is 172 Å². The molecule has 0 aliphatic heterocycles. The molecule has 4 nitrogen and oxygen atoms in total. The predicted molar refractivity (Wildman–Crippen MR) is 108 cm³/mol. The lowest BCUT2D eigenvalue weighted by atomic mass is 9.90. The van der Waals surface area contributed by atoms with E-state index in [1.165, 1.54) is 24.3 Å². The zero-order valence-corrected chi connectivity index (χ0v) is 17.8. The van der Waals surface area contributed by atoms with Gasteiger partial charge in [0.05, 0.1) is 5.92 Å². The van der Waals surface area contributed by atoms with Crippen LogP contribution in [0, 0.1) is 5.82 Å². The summed E-state index contributed by atoms with van der Waals surface area (Å²) in [6, 6.07) is 8.73. The molecule has 0 amide bonds. The molecule has 0 aliphatic rings. The minimum atomic E-state index is -1.09. The van der Waals surface area contributed by atoms with Gasteiger partial charge in [0, 0.05) is 30.4 Å². The van der Waals surface area contributed by atoms with E-state index < -0.39 is 23.3 Å². The molecule has 0 saturated heterocycles. The van der Waals surface area contributed by atoms with Crippen LogP contribution in [-0.4, -0.2) is 16.1 Å². The lowest BCUT2D eigenvalue weighted by Gasteiger charge is -2.16. The number of aliphatic carboxylic acids is 1. The van der Waals surface area contributed by atoms with E-state index in [0.717, 1.165) is 19.0 Å². The predicted octanol–water partition coefficient (Wildman–Crippen LogP) is 5.37. The number of rotatable bonds is 4. The van der Waals surface area contributed by atoms with Gasteiger partial charge in [0.2, 0.25) is 5.56 Å². The first-order valence-corrected chi connectivity index (χ1v) is 9.83. The van der Waals surface area contributed by atoms with E-state index in [4.69, 9.17) is 0 Å². The topological polar surface area (TPSA) is 70.2 Å². The molecule has 3 aromatic rings. The van der Waals surface area contributed by atoms with E-state index in [0.29, 0.717) is 10.9 Å². The highest BCUT2D eigenvalue weighted by Gasteiger charge is 2.24. The molecule has 0 saturated carbocycles. The number of benzene rings is 2. The first-order valence-electron chi connectivity index (χ1n) is 7.45. The van der Waals surface area contributed by atoms with Gasteiger partial charge in [-0.1, -0.05) is 0 Å². The Hall–Kier alpha value is -1.51. The van der Waals surface area contributed by atoms with Crippen LogP contribution in [0.3, 0.4) is 0 Å². The van der Waals surface area contributed by atoms with Crippen LogP contribution in [0.15, 0.2) is 54.6 Å². The fourth-order valence-electron chi connectivity index (χ4n) is 2.83. The van der Waals surface area contributed by atoms with Crippen molar-refractivity contribution in [1.82, 2.24) is 4.98 Å². The summed E-state index contributed by atoms with van der Waals surface area (Å²) in [5.41, 5.74) is 1.01. The van der Waals surface area contributed by atoms with E-state index in [2.05, 4.69) is 52.8 Å². The van der Waals surface area contributed by atoms with Crippen LogP contribution >= 0.6 is 47.8 Å². The average Bonchev–Trinajstić information content (AvgIpc) is 2.57. The highest BCUT2D eigenvalue weighted by Crippen LogP contribution is 2.34. The first kappa shape index (κ1) is 19.3. The maximum atomic E-state index is 13.7. The first-order chi connectivity index (χ1) is 12.3. The molecule has 2 aromatic carbocycles. The number of halogens is 4. The highest BCUT2D eigenvalue weighted by molar-refractivity contribution is 9.14. The summed E-state index contributed by atoms with van der Waals surface area (Å²) in [6.07, 6.45) is 0.148. The number of nitrogens with one attached hydrogen (secondary N) is 1. The van der Waals surface area contributed by atoms with Crippen molar-refractivity contribution in [2.45, 2.75) is 12.3 Å². The summed E-state index contributed by atoms with van der Waals surface area (Å²) in [5, 5.41) is 10.1. The minimum Gasteiger partial charge on any atom is -0.481 e. The number of aromatic amines is 1. The van der Waals surface area contributed by atoms with E-state index in [-0.39, 0.29) is 12.0 Å². The molecule has 1 aromatic heterocycles. The number of fused-ring (bicyclic) bond motifs is 1. The van der Waals surface area contributed by atoms with Gasteiger partial charge in [-0.05, 0) is 95.7 Å². The number of H-pyrrole nitrogens is 1. The Morgan fingerprint density at radius 1 is 1.12 bits per heavy atom. The van der Waals surface area contributed by atoms with E-state index in [9.17, 15) is 19.1 Å². The summed E-state index contributed by atoms with van der Waals surface area (Å²) in [6.45, 7) is 0. The van der Waals surface area contributed by atoms with Gasteiger partial charge in [-0.2, -0.15) is 0 Å². The minimum absolute atomic E-state index is 0.148. The van der Waals surface area contributed by atoms with Crippen LogP contribution in [0.1, 0.15) is 17.0 Å². The van der Waals surface area contributed by atoms with Crippen molar-refractivity contribution in [3.05, 3.63) is 77.1 Å². The third kappa shape index (κ3) is 3.92. The largest absolute Gasteiger partial charge is 0.481 e. The summed E-state index contributed by atoms with van der Waals surface area (Å²) >= 11 is 10.2. The second-order valence-electron chi connectivity index (χ2n) is 5.75. The molecule has 26 heavy (non-hydrogen) atoms. The molecule has 0 aliphatic carbocycles. The Morgan fingerprint density at radius 3 is 2.38 bits per heavy atom. The van der Waals surface area contributed by atoms with Gasteiger partial charge < -0.3 is 10.1 Å². The van der Waals surface area contributed by atoms with Crippen LogP contribution < -0.4 is 5.56 Å². The fraction of sp³-hybridized carbons (Fsp3) is 0.111. The Morgan fingerprint density at radius 2 is 1.77 bits per heavy atom. The molecule has 0 fully saturated rings. The quantitative estimate of drug-likeness (QED) is 0.432. The molecule has 8 heteroatoms. The molecule has 1 atom stereocenters. The smallest absolute Gasteiger partial charge is 0.311 e. The normalized spacial score (nSPS) is 12.3. The Kier molecular flexibility index (Phi) is 5.64. The van der Waals surface area contributed by atoms with Crippen LogP contribution in [0.4, 0.5) is 4.39 Å². The number of aromatic nitrogens is 1. The number of carboxylic acids is 1. The van der Waals surface area contributed by atoms with E-state index in [1.54, 1.807) is 12.1 Å². The van der Waals surface area contributed by atoms with Crippen LogP contribution in [-0.2, 0) is 11.2 Å². The van der Waals surface area contributed by atoms with Gasteiger partial charge in [0.15, 0.2) is 0 Å². The van der Waals surface area contributed by atoms with Crippen molar-refractivity contribution in [3.63, 3.8) is 0 Å². The van der Waals surface area contributed by atoms with Crippen LogP contribution in [0.2, 0.25) is 0 Å². The lowest BCUT2D eigenvalue weighted by molar-refractivity contribution is -0.138. The number of carbonyl (C=O) groups is 1. The van der Waals surface area contributed by atoms with Gasteiger partial charge in [-0.15, -0.1) is 0 Å². The summed E-state index contributed by atoms with van der Waals surface area (Å²) < 4.78 is 16.1. The van der Waals surface area contributed by atoms with Crippen molar-refractivity contribution >= 4 is 64.7 Å². The number of carboxylic acid groups (broad SMARTS) is 1. The molecular formula is C18H11Br3FNO3. The SMILES string of the molecule is O=C(O)C(Cc1cc(Br)c(Br)c(Br)c1)c1cc(=O)[nH]c2ccc(F)cc12. The van der Waals surface area contributed by atoms with Gasteiger partial charge >= 0.3 is 5.97 Å². The van der Waals surface area contributed by atoms with Crippen LogP contribution in [0.5, 0.6) is 0 Å². The van der Waals surface area contributed by atoms with Crippen molar-refractivity contribution in [3.8, 4) is 0 Å². The van der Waals surface area contributed by atoms with Crippen molar-refractivity contribution < 1.29 is 14.3 Å². The van der Waals surface area contributed by atoms with Crippen molar-refractivity contribution in [2.24, 2.45) is 0 Å². The molecule has 0 spiro atoms. The van der Waals surface area contributed by atoms with Gasteiger partial charge in [0.25, 0.3) is 0 Å². The standard InChI is InChI=1S/C18H11Br3FNO3/c19-13-4-8(5-14(20)17(13)21)3-12(18(25)26)10-7-16(24)23-15-2-1-9(22)6-11(10)15/h1-2,4-7,12H,3H2,(H,23,24)(H,25,26). The van der Waals surface area contributed by atoms with Gasteiger partial charge in [0.1, 0.15) is 5.82 Å². The number of hydrogen-bond acceptors (Lipinski definition) is 2. The van der Waals surface area contributed by atoms with Crippen molar-refractivity contribution in [2.75, 3.05) is 0 Å². The van der Waals surface area contributed by atoms with Gasteiger partial charge in [-0.25, -0.2) is 4.39 Å². The van der Waals surface area contributed by atoms with Crippen LogP contribution in [0.25, 0.3) is 10.9 Å². The zero-order valence-electron chi connectivity index (χ0n) is 13.0. The molecule has 0 radical (unpaired) electrons. The third-order valence-corrected chi connectivity index (χ3v) is 7.16. The molecule has 1 unspecified atom stereocenters. The molecule has 2 N–H and O–H groups in total. The van der Waals surface area contributed by atoms with Crippen molar-refractivity contribution in [1.29, 1.82) is 0 Å². The summed E-state index contributed by atoms with van der Waals surface area (Å²) in [4.78, 5) is 26.5. The highest BCUT2D eigenvalue weighted by atomic mass is 79.9. The zero-order chi connectivity index (χ0) is 19.0. The fourth-order valence-corrected chi connectivity index (χ4v) is 4.34. The maximum absolute atomic E-state index is 13.7. The molecule has 1 heterocycles. The number of hydrogen-bond donors (Lipinski definition) is 2. The second-order valence-corrected chi connectivity index (χ2v) is 8.25. The maximum Gasteiger partial charge on any atom is 0.311 e. The Bertz CT molecular complexity index is 1060.